The predicted octanol–water partition coefficient (Wildman–Crippen LogP) is 6.45. The number of nitrogens with zero attached hydrogens (tertiary/aromatic N) is 5. The van der Waals surface area contributed by atoms with Crippen molar-refractivity contribution in [3.8, 4) is 11.6 Å². The molecule has 33 heavy (non-hydrogen) atoms. The largest absolute Gasteiger partial charge is 0.279 e. The van der Waals surface area contributed by atoms with E-state index in [4.69, 9.17) is 9.97 Å². The Morgan fingerprint density at radius 3 is 1.91 bits per heavy atom. The van der Waals surface area contributed by atoms with E-state index in [0.29, 0.717) is 0 Å². The van der Waals surface area contributed by atoms with Crippen LogP contribution < -0.4 is 0 Å². The number of benzene rings is 3. The summed E-state index contributed by atoms with van der Waals surface area (Å²) >= 11 is 0. The van der Waals surface area contributed by atoms with Gasteiger partial charge in [-0.25, -0.2) is 15.0 Å². The highest BCUT2D eigenvalue weighted by atomic mass is 15.3. The number of hydrogen-bond acceptors (Lipinski definition) is 3. The second-order valence-electron chi connectivity index (χ2n) is 8.94. The predicted molar refractivity (Wildman–Crippen MR) is 135 cm³/mol. The van der Waals surface area contributed by atoms with Gasteiger partial charge in [0.1, 0.15) is 11.3 Å². The summed E-state index contributed by atoms with van der Waals surface area (Å²) in [7, 11) is 0. The molecule has 0 aliphatic heterocycles. The molecule has 0 unspecified atom stereocenters. The summed E-state index contributed by atoms with van der Waals surface area (Å²) in [5.41, 5.74) is 9.54. The SMILES string of the molecule is Cc1ccc2c(c1)c1cc(C)ccc1n2-c1nc2c(C)nc(C)nc2n1-c1ccccc1C. The Balaban J connectivity index is 1.84. The van der Waals surface area contributed by atoms with Gasteiger partial charge in [0.15, 0.2) is 5.65 Å². The molecule has 162 valence electrons. The van der Waals surface area contributed by atoms with E-state index in [9.17, 15) is 0 Å². The van der Waals surface area contributed by atoms with Crippen molar-refractivity contribution < 1.29 is 0 Å². The lowest BCUT2D eigenvalue weighted by atomic mass is 10.1. The van der Waals surface area contributed by atoms with Crippen LogP contribution in [0.4, 0.5) is 0 Å². The first-order valence-corrected chi connectivity index (χ1v) is 11.2. The van der Waals surface area contributed by atoms with E-state index >= 15 is 0 Å². The smallest absolute Gasteiger partial charge is 0.221 e. The van der Waals surface area contributed by atoms with Crippen molar-refractivity contribution in [3.05, 3.63) is 88.9 Å². The topological polar surface area (TPSA) is 48.5 Å². The van der Waals surface area contributed by atoms with Crippen LogP contribution in [0.3, 0.4) is 0 Å². The van der Waals surface area contributed by atoms with Gasteiger partial charge >= 0.3 is 0 Å². The maximum atomic E-state index is 5.16. The Morgan fingerprint density at radius 2 is 1.27 bits per heavy atom. The Morgan fingerprint density at radius 1 is 0.636 bits per heavy atom. The van der Waals surface area contributed by atoms with Crippen LogP contribution in [-0.2, 0) is 0 Å². The fourth-order valence-corrected chi connectivity index (χ4v) is 4.87. The molecule has 3 aromatic heterocycles. The summed E-state index contributed by atoms with van der Waals surface area (Å²) in [5, 5.41) is 2.46. The van der Waals surface area contributed by atoms with Crippen LogP contribution in [0.5, 0.6) is 0 Å². The number of para-hydroxylation sites is 1. The number of imidazole rings is 1. The third-order valence-corrected chi connectivity index (χ3v) is 6.41. The Hall–Kier alpha value is -3.99. The monoisotopic (exact) mass is 431 g/mol. The zero-order valence-corrected chi connectivity index (χ0v) is 19.5. The molecule has 5 heteroatoms. The van der Waals surface area contributed by atoms with Gasteiger partial charge in [0.05, 0.1) is 22.4 Å². The van der Waals surface area contributed by atoms with E-state index in [1.54, 1.807) is 0 Å². The molecule has 0 spiro atoms. The second-order valence-corrected chi connectivity index (χ2v) is 8.94. The minimum Gasteiger partial charge on any atom is -0.279 e. The number of fused-ring (bicyclic) bond motifs is 4. The lowest BCUT2D eigenvalue weighted by Crippen LogP contribution is -2.07. The molecule has 0 amide bonds. The maximum Gasteiger partial charge on any atom is 0.221 e. The van der Waals surface area contributed by atoms with Crippen LogP contribution in [0.2, 0.25) is 0 Å². The first kappa shape index (κ1) is 19.7. The van der Waals surface area contributed by atoms with Crippen molar-refractivity contribution in [2.75, 3.05) is 0 Å². The minimum atomic E-state index is 0.745. The second kappa shape index (κ2) is 7.01. The molecule has 5 nitrogen and oxygen atoms in total. The third-order valence-electron chi connectivity index (χ3n) is 6.41. The Kier molecular flexibility index (Phi) is 4.18. The average molecular weight is 432 g/mol. The van der Waals surface area contributed by atoms with Crippen molar-refractivity contribution in [2.24, 2.45) is 0 Å². The number of aryl methyl sites for hydroxylation is 5. The van der Waals surface area contributed by atoms with E-state index in [1.165, 1.54) is 27.5 Å². The fraction of sp³-hybridized carbons (Fsp3) is 0.179. The number of hydrogen-bond donors (Lipinski definition) is 0. The van der Waals surface area contributed by atoms with Gasteiger partial charge in [-0.15, -0.1) is 0 Å². The van der Waals surface area contributed by atoms with Crippen LogP contribution in [0.25, 0.3) is 44.6 Å². The van der Waals surface area contributed by atoms with E-state index in [2.05, 4.69) is 95.6 Å². The first-order chi connectivity index (χ1) is 15.9. The summed E-state index contributed by atoms with van der Waals surface area (Å²) < 4.78 is 4.46. The van der Waals surface area contributed by atoms with Crippen molar-refractivity contribution in [2.45, 2.75) is 34.6 Å². The molecule has 3 aromatic carbocycles. The quantitative estimate of drug-likeness (QED) is 0.316. The Bertz CT molecular complexity index is 1660. The number of rotatable bonds is 2. The zero-order chi connectivity index (χ0) is 22.9. The first-order valence-electron chi connectivity index (χ1n) is 11.2. The molecule has 0 saturated heterocycles. The van der Waals surface area contributed by atoms with Crippen LogP contribution in [0, 0.1) is 34.6 Å². The summed E-state index contributed by atoms with van der Waals surface area (Å²) in [5.74, 6) is 1.57. The molecule has 0 N–H and O–H groups in total. The molecule has 0 aliphatic carbocycles. The van der Waals surface area contributed by atoms with Crippen molar-refractivity contribution in [1.29, 1.82) is 0 Å². The summed E-state index contributed by atoms with van der Waals surface area (Å²) in [6.45, 7) is 10.4. The van der Waals surface area contributed by atoms with Gasteiger partial charge in [0.2, 0.25) is 5.95 Å². The number of aromatic nitrogens is 5. The minimum absolute atomic E-state index is 0.745. The van der Waals surface area contributed by atoms with Gasteiger partial charge in [0.25, 0.3) is 0 Å². The van der Waals surface area contributed by atoms with Crippen LogP contribution >= 0.6 is 0 Å². The highest BCUT2D eigenvalue weighted by Gasteiger charge is 2.22. The van der Waals surface area contributed by atoms with Crippen LogP contribution in [0.1, 0.15) is 28.2 Å². The van der Waals surface area contributed by atoms with Gasteiger partial charge in [-0.3, -0.25) is 9.13 Å². The van der Waals surface area contributed by atoms with Gasteiger partial charge in [0, 0.05) is 10.8 Å². The van der Waals surface area contributed by atoms with E-state index in [1.807, 2.05) is 13.8 Å². The zero-order valence-electron chi connectivity index (χ0n) is 19.5. The van der Waals surface area contributed by atoms with Crippen LogP contribution in [0.15, 0.2) is 60.7 Å². The fourth-order valence-electron chi connectivity index (χ4n) is 4.87. The normalized spacial score (nSPS) is 11.8. The average Bonchev–Trinajstić information content (AvgIpc) is 3.29. The Labute approximate surface area is 192 Å². The standard InChI is InChI=1S/C28H25N5/c1-16-10-12-24-21(14-16)22-15-17(2)11-13-25(22)32(24)28-31-26-19(4)29-20(5)30-27(26)33(28)23-9-7-6-8-18(23)3/h6-15H,1-5H3. The lowest BCUT2D eigenvalue weighted by Gasteiger charge is -2.14. The summed E-state index contributed by atoms with van der Waals surface area (Å²) in [4.78, 5) is 14.6. The van der Waals surface area contributed by atoms with Crippen molar-refractivity contribution in [1.82, 2.24) is 24.1 Å². The highest BCUT2D eigenvalue weighted by Crippen LogP contribution is 2.35. The molecule has 0 saturated carbocycles. The summed E-state index contributed by atoms with van der Waals surface area (Å²) in [6, 6.07) is 21.7. The molecular weight excluding hydrogens is 406 g/mol. The van der Waals surface area contributed by atoms with E-state index < -0.39 is 0 Å². The summed E-state index contributed by atoms with van der Waals surface area (Å²) in [6.07, 6.45) is 0. The van der Waals surface area contributed by atoms with Gasteiger partial charge in [-0.1, -0.05) is 41.5 Å². The molecule has 0 radical (unpaired) electrons. The van der Waals surface area contributed by atoms with Crippen molar-refractivity contribution in [3.63, 3.8) is 0 Å². The molecule has 0 aliphatic rings. The van der Waals surface area contributed by atoms with E-state index in [0.717, 1.165) is 45.4 Å². The third kappa shape index (κ3) is 2.89. The van der Waals surface area contributed by atoms with Gasteiger partial charge < -0.3 is 0 Å². The molecule has 0 fully saturated rings. The highest BCUT2D eigenvalue weighted by molar-refractivity contribution is 6.09. The lowest BCUT2D eigenvalue weighted by molar-refractivity contribution is 0.935. The molecule has 3 heterocycles. The molecule has 0 bridgehead atoms. The molecular formula is C28H25N5. The molecule has 6 rings (SSSR count). The molecule has 0 atom stereocenters. The van der Waals surface area contributed by atoms with Crippen LogP contribution in [-0.4, -0.2) is 24.1 Å². The van der Waals surface area contributed by atoms with Gasteiger partial charge in [-0.05, 0) is 70.5 Å². The van der Waals surface area contributed by atoms with E-state index in [-0.39, 0.29) is 0 Å². The molecule has 6 aromatic rings. The maximum absolute atomic E-state index is 5.16. The van der Waals surface area contributed by atoms with Gasteiger partial charge in [-0.2, -0.15) is 0 Å². The van der Waals surface area contributed by atoms with Crippen molar-refractivity contribution >= 4 is 33.0 Å².